The van der Waals surface area contributed by atoms with Crippen LogP contribution in [0.3, 0.4) is 0 Å². The third-order valence-corrected chi connectivity index (χ3v) is 3.48. The maximum absolute atomic E-state index is 9.52. The number of phenolic OH excluding ortho intramolecular Hbond substituents is 1. The highest BCUT2D eigenvalue weighted by molar-refractivity contribution is 5.60. The van der Waals surface area contributed by atoms with E-state index in [0.29, 0.717) is 12.4 Å². The normalized spacial score (nSPS) is 16.5. The lowest BCUT2D eigenvalue weighted by molar-refractivity contribution is 0.205. The molecular formula is C17H19NO3. The average molecular weight is 285 g/mol. The Morgan fingerprint density at radius 3 is 2.81 bits per heavy atom. The number of nitrogens with one attached hydrogen (secondary N) is 1. The van der Waals surface area contributed by atoms with Crippen LogP contribution in [0.4, 0.5) is 5.69 Å². The van der Waals surface area contributed by atoms with Crippen molar-refractivity contribution in [3.8, 4) is 17.2 Å². The molecule has 3 rings (SSSR count). The third kappa shape index (κ3) is 3.21. The van der Waals surface area contributed by atoms with E-state index in [1.54, 1.807) is 12.1 Å². The summed E-state index contributed by atoms with van der Waals surface area (Å²) < 4.78 is 11.4. The van der Waals surface area contributed by atoms with Gasteiger partial charge in [0.05, 0.1) is 18.8 Å². The Morgan fingerprint density at radius 1 is 1.24 bits per heavy atom. The largest absolute Gasteiger partial charge is 0.508 e. The maximum Gasteiger partial charge on any atom is 0.146 e. The van der Waals surface area contributed by atoms with E-state index in [4.69, 9.17) is 9.47 Å². The van der Waals surface area contributed by atoms with Gasteiger partial charge in [0, 0.05) is 12.5 Å². The topological polar surface area (TPSA) is 50.7 Å². The van der Waals surface area contributed by atoms with E-state index in [9.17, 15) is 5.11 Å². The predicted molar refractivity (Wildman–Crippen MR) is 82.3 cm³/mol. The van der Waals surface area contributed by atoms with Gasteiger partial charge in [0.25, 0.3) is 0 Å². The summed E-state index contributed by atoms with van der Waals surface area (Å²) in [6, 6.07) is 13.2. The van der Waals surface area contributed by atoms with Crippen molar-refractivity contribution in [3.63, 3.8) is 0 Å². The van der Waals surface area contributed by atoms with Crippen molar-refractivity contribution in [2.75, 3.05) is 18.5 Å². The highest BCUT2D eigenvalue weighted by Gasteiger charge is 2.19. The average Bonchev–Trinajstić information content (AvgIpc) is 2.49. The van der Waals surface area contributed by atoms with Gasteiger partial charge in [-0.2, -0.15) is 0 Å². The lowest BCUT2D eigenvalue weighted by Gasteiger charge is -2.27. The van der Waals surface area contributed by atoms with Crippen LogP contribution in [0, 0.1) is 0 Å². The van der Waals surface area contributed by atoms with Crippen molar-refractivity contribution in [1.82, 2.24) is 0 Å². The Morgan fingerprint density at radius 2 is 2.05 bits per heavy atom. The van der Waals surface area contributed by atoms with Crippen LogP contribution >= 0.6 is 0 Å². The number of benzene rings is 2. The number of fused-ring (bicyclic) bond motifs is 1. The van der Waals surface area contributed by atoms with E-state index < -0.39 is 0 Å². The summed E-state index contributed by atoms with van der Waals surface area (Å²) in [5.74, 6) is 1.81. The molecule has 0 fully saturated rings. The van der Waals surface area contributed by atoms with Gasteiger partial charge in [-0.25, -0.2) is 0 Å². The monoisotopic (exact) mass is 285 g/mol. The summed E-state index contributed by atoms with van der Waals surface area (Å²) in [4.78, 5) is 0. The number of hydrogen-bond donors (Lipinski definition) is 2. The molecule has 0 bridgehead atoms. The van der Waals surface area contributed by atoms with Gasteiger partial charge in [-0.15, -0.1) is 0 Å². The van der Waals surface area contributed by atoms with Crippen molar-refractivity contribution in [1.29, 1.82) is 0 Å². The van der Waals surface area contributed by atoms with Crippen LogP contribution in [0.5, 0.6) is 17.2 Å². The summed E-state index contributed by atoms with van der Waals surface area (Å²) in [6.45, 7) is 3.41. The molecule has 1 heterocycles. The van der Waals surface area contributed by atoms with Crippen LogP contribution in [0.2, 0.25) is 0 Å². The van der Waals surface area contributed by atoms with Crippen molar-refractivity contribution in [2.24, 2.45) is 0 Å². The standard InChI is InChI=1S/C17H19NO3/c1-2-20-14-6-3-12(4-7-14)9-15-11-18-16-8-5-13(19)10-17(16)21-15/h3-8,10,15,18-19H,2,9,11H2,1H3. The molecule has 21 heavy (non-hydrogen) atoms. The van der Waals surface area contributed by atoms with E-state index in [1.165, 1.54) is 5.56 Å². The molecule has 110 valence electrons. The molecule has 2 aromatic rings. The first-order valence-corrected chi connectivity index (χ1v) is 7.20. The van der Waals surface area contributed by atoms with Crippen molar-refractivity contribution in [2.45, 2.75) is 19.4 Å². The van der Waals surface area contributed by atoms with E-state index in [0.717, 1.165) is 24.4 Å². The van der Waals surface area contributed by atoms with Crippen LogP contribution in [0.1, 0.15) is 12.5 Å². The zero-order valence-corrected chi connectivity index (χ0v) is 12.0. The SMILES string of the molecule is CCOc1ccc(CC2CNc3ccc(O)cc3O2)cc1. The van der Waals surface area contributed by atoms with E-state index in [2.05, 4.69) is 17.4 Å². The molecule has 0 saturated heterocycles. The van der Waals surface area contributed by atoms with Crippen LogP contribution in [-0.4, -0.2) is 24.4 Å². The van der Waals surface area contributed by atoms with Crippen LogP contribution in [0.25, 0.3) is 0 Å². The van der Waals surface area contributed by atoms with Gasteiger partial charge in [0.2, 0.25) is 0 Å². The first-order valence-electron chi connectivity index (χ1n) is 7.20. The fourth-order valence-electron chi connectivity index (χ4n) is 2.46. The Balaban J connectivity index is 1.66. The van der Waals surface area contributed by atoms with Crippen molar-refractivity contribution in [3.05, 3.63) is 48.0 Å². The molecule has 2 N–H and O–H groups in total. The summed E-state index contributed by atoms with van der Waals surface area (Å²) in [5.41, 5.74) is 2.13. The van der Waals surface area contributed by atoms with Gasteiger partial charge < -0.3 is 19.9 Å². The Kier molecular flexibility index (Phi) is 3.86. The third-order valence-electron chi connectivity index (χ3n) is 3.48. The first kappa shape index (κ1) is 13.6. The second-order valence-electron chi connectivity index (χ2n) is 5.08. The van der Waals surface area contributed by atoms with Gasteiger partial charge in [-0.1, -0.05) is 12.1 Å². The van der Waals surface area contributed by atoms with Crippen molar-refractivity contribution >= 4 is 5.69 Å². The zero-order chi connectivity index (χ0) is 14.7. The molecule has 0 saturated carbocycles. The minimum atomic E-state index is 0.0530. The molecule has 4 nitrogen and oxygen atoms in total. The number of phenols is 1. The van der Waals surface area contributed by atoms with Crippen LogP contribution < -0.4 is 14.8 Å². The molecule has 4 heteroatoms. The fraction of sp³-hybridized carbons (Fsp3) is 0.294. The van der Waals surface area contributed by atoms with E-state index >= 15 is 0 Å². The molecule has 0 spiro atoms. The molecule has 1 unspecified atom stereocenters. The van der Waals surface area contributed by atoms with Crippen molar-refractivity contribution < 1.29 is 14.6 Å². The summed E-state index contributed by atoms with van der Waals surface area (Å²) in [5, 5.41) is 12.9. The molecule has 1 atom stereocenters. The highest BCUT2D eigenvalue weighted by atomic mass is 16.5. The second-order valence-corrected chi connectivity index (χ2v) is 5.08. The molecule has 0 aliphatic carbocycles. The summed E-state index contributed by atoms with van der Waals surface area (Å²) in [6.07, 6.45) is 0.867. The van der Waals surface area contributed by atoms with E-state index in [-0.39, 0.29) is 11.9 Å². The smallest absolute Gasteiger partial charge is 0.146 e. The van der Waals surface area contributed by atoms with Gasteiger partial charge in [0.1, 0.15) is 23.4 Å². The highest BCUT2D eigenvalue weighted by Crippen LogP contribution is 2.32. The fourth-order valence-corrected chi connectivity index (χ4v) is 2.46. The number of rotatable bonds is 4. The summed E-state index contributed by atoms with van der Waals surface area (Å²) in [7, 11) is 0. The van der Waals surface area contributed by atoms with E-state index in [1.807, 2.05) is 25.1 Å². The zero-order valence-electron chi connectivity index (χ0n) is 12.0. The number of hydrogen-bond acceptors (Lipinski definition) is 4. The van der Waals surface area contributed by atoms with Crippen LogP contribution in [-0.2, 0) is 6.42 Å². The predicted octanol–water partition coefficient (Wildman–Crippen LogP) is 3.21. The Bertz CT molecular complexity index is 610. The summed E-state index contributed by atoms with van der Waals surface area (Å²) >= 11 is 0. The molecule has 1 aliphatic heterocycles. The quantitative estimate of drug-likeness (QED) is 0.847. The minimum Gasteiger partial charge on any atom is -0.508 e. The molecule has 0 aromatic heterocycles. The van der Waals surface area contributed by atoms with Crippen LogP contribution in [0.15, 0.2) is 42.5 Å². The first-order chi connectivity index (χ1) is 10.2. The molecule has 0 radical (unpaired) electrons. The van der Waals surface area contributed by atoms with Gasteiger partial charge in [0.15, 0.2) is 0 Å². The molecule has 0 amide bonds. The lowest BCUT2D eigenvalue weighted by Crippen LogP contribution is -2.32. The Hall–Kier alpha value is -2.36. The Labute approximate surface area is 124 Å². The second kappa shape index (κ2) is 5.95. The lowest BCUT2D eigenvalue weighted by atomic mass is 10.1. The molecule has 1 aliphatic rings. The van der Waals surface area contributed by atoms with Gasteiger partial charge in [-0.3, -0.25) is 0 Å². The molecular weight excluding hydrogens is 266 g/mol. The molecule has 2 aromatic carbocycles. The van der Waals surface area contributed by atoms with Gasteiger partial charge in [-0.05, 0) is 36.8 Å². The van der Waals surface area contributed by atoms with Gasteiger partial charge >= 0.3 is 0 Å². The number of aromatic hydroxyl groups is 1. The maximum atomic E-state index is 9.52. The number of ether oxygens (including phenoxy) is 2. The number of anilines is 1. The minimum absolute atomic E-state index is 0.0530.